The summed E-state index contributed by atoms with van der Waals surface area (Å²) in [6.07, 6.45) is 7.53. The van der Waals surface area contributed by atoms with Crippen LogP contribution >= 0.6 is 11.8 Å². The summed E-state index contributed by atoms with van der Waals surface area (Å²) in [7, 11) is 2.05. The van der Waals surface area contributed by atoms with Crippen LogP contribution in [0, 0.1) is 0 Å². The van der Waals surface area contributed by atoms with Gasteiger partial charge >= 0.3 is 0 Å². The molecule has 1 saturated heterocycles. The first-order valence-electron chi connectivity index (χ1n) is 7.35. The predicted octanol–water partition coefficient (Wildman–Crippen LogP) is 3.37. The van der Waals surface area contributed by atoms with E-state index in [0.717, 1.165) is 19.1 Å². The van der Waals surface area contributed by atoms with Gasteiger partial charge in [0.25, 0.3) is 0 Å². The molecule has 106 valence electrons. The van der Waals surface area contributed by atoms with Crippen molar-refractivity contribution in [3.8, 4) is 0 Å². The number of hydrogen-bond donors (Lipinski definition) is 1. The van der Waals surface area contributed by atoms with Gasteiger partial charge < -0.3 is 5.32 Å². The molecule has 0 spiro atoms. The summed E-state index contributed by atoms with van der Waals surface area (Å²) < 4.78 is 0. The van der Waals surface area contributed by atoms with E-state index < -0.39 is 0 Å². The first kappa shape index (κ1) is 14.9. The molecule has 0 aromatic heterocycles. The minimum atomic E-state index is 0.765. The van der Waals surface area contributed by atoms with Crippen molar-refractivity contribution in [2.75, 3.05) is 26.4 Å². The standard InChI is InChI=1S/C16H26N2S/c1-17-11-10-15-5-3-4-12-18(15)13-14-6-8-16(19-2)9-7-14/h6-9,15,17H,3-5,10-13H2,1-2H3. The molecule has 1 aliphatic rings. The van der Waals surface area contributed by atoms with E-state index in [9.17, 15) is 0 Å². The molecule has 1 unspecified atom stereocenters. The van der Waals surface area contributed by atoms with Gasteiger partial charge in [0.1, 0.15) is 0 Å². The van der Waals surface area contributed by atoms with Gasteiger partial charge in [-0.15, -0.1) is 11.8 Å². The van der Waals surface area contributed by atoms with Gasteiger partial charge in [0.15, 0.2) is 0 Å². The molecule has 0 radical (unpaired) electrons. The molecule has 0 bridgehead atoms. The van der Waals surface area contributed by atoms with Gasteiger partial charge in [-0.1, -0.05) is 18.6 Å². The molecule has 1 aromatic rings. The van der Waals surface area contributed by atoms with Gasteiger partial charge in [-0.3, -0.25) is 4.90 Å². The zero-order chi connectivity index (χ0) is 13.5. The number of benzene rings is 1. The highest BCUT2D eigenvalue weighted by Gasteiger charge is 2.21. The molecule has 19 heavy (non-hydrogen) atoms. The van der Waals surface area contributed by atoms with Gasteiger partial charge in [-0.25, -0.2) is 0 Å². The lowest BCUT2D eigenvalue weighted by molar-refractivity contribution is 0.132. The van der Waals surface area contributed by atoms with E-state index in [1.807, 2.05) is 18.8 Å². The van der Waals surface area contributed by atoms with Gasteiger partial charge in [-0.05, 0) is 63.4 Å². The van der Waals surface area contributed by atoms with E-state index in [-0.39, 0.29) is 0 Å². The van der Waals surface area contributed by atoms with Crippen LogP contribution in [-0.4, -0.2) is 37.3 Å². The Morgan fingerprint density at radius 3 is 2.74 bits per heavy atom. The summed E-state index contributed by atoms with van der Waals surface area (Å²) in [6, 6.07) is 9.82. The maximum atomic E-state index is 3.29. The normalized spacial score (nSPS) is 20.6. The van der Waals surface area contributed by atoms with Crippen LogP contribution in [0.1, 0.15) is 31.2 Å². The monoisotopic (exact) mass is 278 g/mol. The van der Waals surface area contributed by atoms with E-state index in [2.05, 4.69) is 40.7 Å². The molecular weight excluding hydrogens is 252 g/mol. The molecule has 2 rings (SSSR count). The number of rotatable bonds is 6. The Morgan fingerprint density at radius 2 is 2.05 bits per heavy atom. The molecule has 1 atom stereocenters. The van der Waals surface area contributed by atoms with Crippen LogP contribution in [0.4, 0.5) is 0 Å². The van der Waals surface area contributed by atoms with Crippen molar-refractivity contribution in [3.63, 3.8) is 0 Å². The highest BCUT2D eigenvalue weighted by Crippen LogP contribution is 2.22. The molecule has 0 aliphatic carbocycles. The zero-order valence-electron chi connectivity index (χ0n) is 12.2. The lowest BCUT2D eigenvalue weighted by atomic mass is 9.98. The lowest BCUT2D eigenvalue weighted by Gasteiger charge is -2.36. The van der Waals surface area contributed by atoms with Gasteiger partial charge in [0.05, 0.1) is 0 Å². The summed E-state index contributed by atoms with van der Waals surface area (Å²) in [5.74, 6) is 0. The second kappa shape index (κ2) is 7.93. The maximum Gasteiger partial charge on any atom is 0.0236 e. The van der Waals surface area contributed by atoms with Crippen molar-refractivity contribution >= 4 is 11.8 Å². The van der Waals surface area contributed by atoms with Crippen molar-refractivity contribution in [2.24, 2.45) is 0 Å². The average Bonchev–Trinajstić information content (AvgIpc) is 2.47. The highest BCUT2D eigenvalue weighted by molar-refractivity contribution is 7.98. The summed E-state index contributed by atoms with van der Waals surface area (Å²) in [4.78, 5) is 4.03. The molecule has 1 aliphatic heterocycles. The number of likely N-dealkylation sites (tertiary alicyclic amines) is 1. The average molecular weight is 278 g/mol. The molecule has 2 nitrogen and oxygen atoms in total. The molecule has 3 heteroatoms. The van der Waals surface area contributed by atoms with E-state index >= 15 is 0 Å². The van der Waals surface area contributed by atoms with E-state index in [0.29, 0.717) is 0 Å². The van der Waals surface area contributed by atoms with Gasteiger partial charge in [0.2, 0.25) is 0 Å². The van der Waals surface area contributed by atoms with Gasteiger partial charge in [-0.2, -0.15) is 0 Å². The summed E-state index contributed by atoms with van der Waals surface area (Å²) in [5, 5.41) is 3.29. The van der Waals surface area contributed by atoms with E-state index in [1.165, 1.54) is 42.7 Å². The molecule has 1 aromatic carbocycles. The number of nitrogens with one attached hydrogen (secondary N) is 1. The molecule has 0 saturated carbocycles. The second-order valence-electron chi connectivity index (χ2n) is 5.36. The van der Waals surface area contributed by atoms with Crippen LogP contribution in [0.2, 0.25) is 0 Å². The van der Waals surface area contributed by atoms with Crippen molar-refractivity contribution in [2.45, 2.75) is 43.2 Å². The fourth-order valence-electron chi connectivity index (χ4n) is 2.87. The van der Waals surface area contributed by atoms with Crippen LogP contribution in [0.3, 0.4) is 0 Å². The van der Waals surface area contributed by atoms with Crippen LogP contribution < -0.4 is 5.32 Å². The Labute approximate surface area is 122 Å². The number of hydrogen-bond acceptors (Lipinski definition) is 3. The number of thioether (sulfide) groups is 1. The van der Waals surface area contributed by atoms with Crippen molar-refractivity contribution < 1.29 is 0 Å². The Morgan fingerprint density at radius 1 is 1.26 bits per heavy atom. The summed E-state index contributed by atoms with van der Waals surface area (Å²) in [5.41, 5.74) is 1.45. The summed E-state index contributed by atoms with van der Waals surface area (Å²) in [6.45, 7) is 3.51. The molecule has 1 N–H and O–H groups in total. The maximum absolute atomic E-state index is 3.29. The largest absolute Gasteiger partial charge is 0.320 e. The van der Waals surface area contributed by atoms with Gasteiger partial charge in [0, 0.05) is 17.5 Å². The topological polar surface area (TPSA) is 15.3 Å². The third-order valence-electron chi connectivity index (χ3n) is 4.02. The molecule has 1 heterocycles. The second-order valence-corrected chi connectivity index (χ2v) is 6.24. The number of piperidine rings is 1. The Bertz CT molecular complexity index is 364. The summed E-state index contributed by atoms with van der Waals surface area (Å²) >= 11 is 1.81. The van der Waals surface area contributed by atoms with Crippen LogP contribution in [-0.2, 0) is 6.54 Å². The quantitative estimate of drug-likeness (QED) is 0.803. The van der Waals surface area contributed by atoms with Crippen molar-refractivity contribution in [1.29, 1.82) is 0 Å². The zero-order valence-corrected chi connectivity index (χ0v) is 13.0. The molecular formula is C16H26N2S. The van der Waals surface area contributed by atoms with Crippen LogP contribution in [0.15, 0.2) is 29.2 Å². The molecule has 1 fully saturated rings. The SMILES string of the molecule is CNCCC1CCCCN1Cc1ccc(SC)cc1. The third-order valence-corrected chi connectivity index (χ3v) is 4.76. The highest BCUT2D eigenvalue weighted by atomic mass is 32.2. The van der Waals surface area contributed by atoms with E-state index in [1.54, 1.807) is 0 Å². The predicted molar refractivity (Wildman–Crippen MR) is 84.8 cm³/mol. The van der Waals surface area contributed by atoms with Crippen LogP contribution in [0.5, 0.6) is 0 Å². The molecule has 0 amide bonds. The first-order valence-corrected chi connectivity index (χ1v) is 8.57. The fourth-order valence-corrected chi connectivity index (χ4v) is 3.28. The number of nitrogens with zero attached hydrogens (tertiary/aromatic N) is 1. The Hall–Kier alpha value is -0.510. The Balaban J connectivity index is 1.93. The minimum Gasteiger partial charge on any atom is -0.320 e. The van der Waals surface area contributed by atoms with Crippen molar-refractivity contribution in [3.05, 3.63) is 29.8 Å². The lowest BCUT2D eigenvalue weighted by Crippen LogP contribution is -2.40. The van der Waals surface area contributed by atoms with Crippen LogP contribution in [0.25, 0.3) is 0 Å². The fraction of sp³-hybridized carbons (Fsp3) is 0.625. The van der Waals surface area contributed by atoms with Crippen molar-refractivity contribution in [1.82, 2.24) is 10.2 Å². The van der Waals surface area contributed by atoms with E-state index in [4.69, 9.17) is 0 Å². The smallest absolute Gasteiger partial charge is 0.0236 e. The Kier molecular flexibility index (Phi) is 6.21. The first-order chi connectivity index (χ1) is 9.33. The third kappa shape index (κ3) is 4.51. The minimum absolute atomic E-state index is 0.765.